The average Bonchev–Trinajstić information content (AvgIpc) is 2.78. The highest BCUT2D eigenvalue weighted by molar-refractivity contribution is 5.80. The van der Waals surface area contributed by atoms with E-state index in [0.717, 1.165) is 16.7 Å². The van der Waals surface area contributed by atoms with Gasteiger partial charge in [0.15, 0.2) is 0 Å². The van der Waals surface area contributed by atoms with Crippen molar-refractivity contribution in [1.82, 2.24) is 0 Å². The van der Waals surface area contributed by atoms with Crippen LogP contribution in [0, 0.1) is 11.8 Å². The van der Waals surface area contributed by atoms with E-state index in [-0.39, 0.29) is 24.9 Å². The summed E-state index contributed by atoms with van der Waals surface area (Å²) in [7, 11) is 0. The molecule has 1 fully saturated rings. The summed E-state index contributed by atoms with van der Waals surface area (Å²) < 4.78 is 11.3. The Morgan fingerprint density at radius 2 is 1.97 bits per heavy atom. The summed E-state index contributed by atoms with van der Waals surface area (Å²) in [6.45, 7) is 10.8. The Hall–Kier alpha value is -1.99. The number of hydrogen-bond acceptors (Lipinski definition) is 6. The minimum atomic E-state index is -2.24. The highest BCUT2D eigenvalue weighted by atomic mass is 16.7. The highest BCUT2D eigenvalue weighted by Crippen LogP contribution is 2.41. The normalized spacial score (nSPS) is 28.5. The third kappa shape index (κ3) is 5.87. The maximum atomic E-state index is 12.7. The molecule has 1 aromatic carbocycles. The van der Waals surface area contributed by atoms with Crippen molar-refractivity contribution in [3.63, 3.8) is 0 Å². The van der Waals surface area contributed by atoms with E-state index in [2.05, 4.69) is 0 Å². The van der Waals surface area contributed by atoms with Crippen LogP contribution in [0.2, 0.25) is 0 Å². The monoisotopic (exact) mass is 446 g/mol. The van der Waals surface area contributed by atoms with Gasteiger partial charge in [0.2, 0.25) is 11.4 Å². The van der Waals surface area contributed by atoms with Gasteiger partial charge in [-0.1, -0.05) is 56.3 Å². The summed E-state index contributed by atoms with van der Waals surface area (Å²) in [5, 5.41) is 32.7. The van der Waals surface area contributed by atoms with Crippen LogP contribution in [0.3, 0.4) is 0 Å². The van der Waals surface area contributed by atoms with Gasteiger partial charge >= 0.3 is 5.97 Å². The molecule has 32 heavy (non-hydrogen) atoms. The molecule has 1 aromatic rings. The van der Waals surface area contributed by atoms with Crippen LogP contribution in [0.15, 0.2) is 53.6 Å². The van der Waals surface area contributed by atoms with E-state index in [9.17, 15) is 20.1 Å². The molecule has 1 saturated heterocycles. The maximum absolute atomic E-state index is 12.7. The van der Waals surface area contributed by atoms with Crippen LogP contribution in [-0.2, 0) is 20.9 Å². The zero-order valence-electron chi connectivity index (χ0n) is 20.0. The number of hydrogen-bond donors (Lipinski definition) is 3. The molecular formula is C26H38O6. The smallest absolute Gasteiger partial charge is 0.343 e. The van der Waals surface area contributed by atoms with E-state index in [0.29, 0.717) is 6.42 Å². The number of aliphatic hydroxyl groups is 3. The van der Waals surface area contributed by atoms with Gasteiger partial charge in [0, 0.05) is 12.3 Å². The molecule has 0 amide bonds. The molecule has 6 atom stereocenters. The molecule has 0 bridgehead atoms. The Kier molecular flexibility index (Phi) is 8.82. The molecule has 0 aliphatic carbocycles. The molecule has 1 aliphatic rings. The van der Waals surface area contributed by atoms with Gasteiger partial charge in [-0.15, -0.1) is 0 Å². The van der Waals surface area contributed by atoms with Gasteiger partial charge in [0.05, 0.1) is 12.2 Å². The van der Waals surface area contributed by atoms with E-state index < -0.39 is 29.6 Å². The Labute approximate surface area is 191 Å². The lowest BCUT2D eigenvalue weighted by Crippen LogP contribution is -2.63. The number of benzene rings is 1. The van der Waals surface area contributed by atoms with Crippen LogP contribution in [0.1, 0.15) is 59.9 Å². The van der Waals surface area contributed by atoms with E-state index >= 15 is 0 Å². The summed E-state index contributed by atoms with van der Waals surface area (Å²) in [4.78, 5) is 12.7. The minimum absolute atomic E-state index is 0.00956. The fourth-order valence-electron chi connectivity index (χ4n) is 4.07. The number of carbonyl (C=O) groups is 1. The van der Waals surface area contributed by atoms with Gasteiger partial charge in [0.25, 0.3) is 0 Å². The topological polar surface area (TPSA) is 96.2 Å². The molecule has 178 valence electrons. The number of allylic oxidation sites excluding steroid dienone is 1. The molecule has 2 rings (SSSR count). The van der Waals surface area contributed by atoms with E-state index in [1.165, 1.54) is 6.92 Å². The first-order valence-corrected chi connectivity index (χ1v) is 11.3. The number of aliphatic hydroxyl groups excluding tert-OH is 1. The summed E-state index contributed by atoms with van der Waals surface area (Å²) in [5.41, 5.74) is 0.245. The fraction of sp³-hybridized carbons (Fsp3) is 0.577. The van der Waals surface area contributed by atoms with Crippen molar-refractivity contribution in [2.24, 2.45) is 11.8 Å². The molecule has 0 unspecified atom stereocenters. The molecular weight excluding hydrogens is 408 g/mol. The Balaban J connectivity index is 2.16. The second-order valence-electron chi connectivity index (χ2n) is 9.22. The van der Waals surface area contributed by atoms with Crippen LogP contribution in [0.25, 0.3) is 0 Å². The van der Waals surface area contributed by atoms with Gasteiger partial charge in [-0.05, 0) is 56.7 Å². The number of esters is 1. The number of carbonyl (C=O) groups excluding carboxylic acids is 1. The predicted octanol–water partition coefficient (Wildman–Crippen LogP) is 3.89. The zero-order valence-corrected chi connectivity index (χ0v) is 20.0. The first kappa shape index (κ1) is 26.3. The second-order valence-corrected chi connectivity index (χ2v) is 9.22. The van der Waals surface area contributed by atoms with Gasteiger partial charge in [-0.3, -0.25) is 0 Å². The van der Waals surface area contributed by atoms with E-state index in [1.54, 1.807) is 0 Å². The van der Waals surface area contributed by atoms with Crippen molar-refractivity contribution in [2.75, 3.05) is 0 Å². The lowest BCUT2D eigenvalue weighted by molar-refractivity contribution is -0.326. The van der Waals surface area contributed by atoms with Gasteiger partial charge in [0.1, 0.15) is 6.61 Å². The molecule has 6 nitrogen and oxygen atoms in total. The van der Waals surface area contributed by atoms with Crippen molar-refractivity contribution in [2.45, 2.75) is 84.6 Å². The van der Waals surface area contributed by atoms with Crippen LogP contribution in [-0.4, -0.2) is 44.9 Å². The molecule has 0 aromatic heterocycles. The summed E-state index contributed by atoms with van der Waals surface area (Å²) in [6.07, 6.45) is 3.32. The highest BCUT2D eigenvalue weighted by Gasteiger charge is 2.57. The second kappa shape index (κ2) is 10.8. The van der Waals surface area contributed by atoms with E-state index in [4.69, 9.17) is 9.47 Å². The van der Waals surface area contributed by atoms with Crippen molar-refractivity contribution in [3.8, 4) is 0 Å². The number of ether oxygens (including phenoxy) is 2. The minimum Gasteiger partial charge on any atom is -0.459 e. The lowest BCUT2D eigenvalue weighted by Gasteiger charge is -2.46. The molecule has 1 heterocycles. The zero-order chi connectivity index (χ0) is 24.1. The predicted molar refractivity (Wildman–Crippen MR) is 123 cm³/mol. The molecule has 0 spiro atoms. The van der Waals surface area contributed by atoms with Crippen molar-refractivity contribution in [3.05, 3.63) is 59.2 Å². The third-order valence-electron chi connectivity index (χ3n) is 6.54. The first-order valence-electron chi connectivity index (χ1n) is 11.3. The van der Waals surface area contributed by atoms with Crippen molar-refractivity contribution < 1.29 is 29.6 Å². The standard InChI is InChI=1S/C26H38O6/c1-7-17(2)22(27)19(4)15-20(5)23-18(3)13-14-26(30,32-23)25(6,29)24(28)31-16-21-11-9-8-10-12-21/h7-12,15,18-19,22-23,27,29-30H,13-14,16H2,1-6H3/b17-7+,20-15+/t18-,19-,22-,23-,25+,26+/m0/s1. The largest absolute Gasteiger partial charge is 0.459 e. The SMILES string of the molecule is C/C=C(\C)[C@H](O)[C@@H](C)/C=C(\C)[C@H]1O[C@@](O)([C@](C)(O)C(=O)OCc2ccccc2)CC[C@@H]1C. The van der Waals surface area contributed by atoms with Gasteiger partial charge < -0.3 is 24.8 Å². The number of rotatable bonds is 8. The third-order valence-corrected chi connectivity index (χ3v) is 6.54. The average molecular weight is 447 g/mol. The van der Waals surface area contributed by atoms with Crippen LogP contribution in [0.4, 0.5) is 0 Å². The first-order chi connectivity index (χ1) is 14.9. The van der Waals surface area contributed by atoms with Gasteiger partial charge in [-0.25, -0.2) is 4.79 Å². The lowest BCUT2D eigenvalue weighted by atomic mass is 9.81. The van der Waals surface area contributed by atoms with Crippen LogP contribution < -0.4 is 0 Å². The molecule has 1 aliphatic heterocycles. The van der Waals surface area contributed by atoms with Crippen LogP contribution in [0.5, 0.6) is 0 Å². The van der Waals surface area contributed by atoms with E-state index in [1.807, 2.05) is 77.1 Å². The maximum Gasteiger partial charge on any atom is 0.343 e. The summed E-state index contributed by atoms with van der Waals surface area (Å²) in [5.74, 6) is -3.12. The fourth-order valence-corrected chi connectivity index (χ4v) is 4.07. The molecule has 0 saturated carbocycles. The van der Waals surface area contributed by atoms with Crippen LogP contribution >= 0.6 is 0 Å². The van der Waals surface area contributed by atoms with Crippen molar-refractivity contribution >= 4 is 5.97 Å². The summed E-state index contributed by atoms with van der Waals surface area (Å²) in [6, 6.07) is 9.14. The molecule has 0 radical (unpaired) electrons. The Morgan fingerprint density at radius 3 is 2.56 bits per heavy atom. The quantitative estimate of drug-likeness (QED) is 0.414. The Morgan fingerprint density at radius 1 is 1.34 bits per heavy atom. The molecule has 6 heteroatoms. The van der Waals surface area contributed by atoms with Crippen molar-refractivity contribution in [1.29, 1.82) is 0 Å². The molecule has 3 N–H and O–H groups in total. The van der Waals surface area contributed by atoms with Gasteiger partial charge in [-0.2, -0.15) is 0 Å². The summed E-state index contributed by atoms with van der Waals surface area (Å²) >= 11 is 0. The Bertz CT molecular complexity index is 828.